The monoisotopic (exact) mass is 650 g/mol. The van der Waals surface area contributed by atoms with Crippen LogP contribution in [0.25, 0.3) is 11.0 Å². The highest BCUT2D eigenvalue weighted by atomic mass is 19.4. The number of halogens is 3. The van der Waals surface area contributed by atoms with Gasteiger partial charge >= 0.3 is 18.2 Å². The number of hydrogen-bond donors (Lipinski definition) is 2. The number of carbonyl (C=O) groups is 3. The van der Waals surface area contributed by atoms with Crippen molar-refractivity contribution in [1.29, 1.82) is 0 Å². The Kier molecular flexibility index (Phi) is 9.55. The van der Waals surface area contributed by atoms with Crippen LogP contribution < -0.4 is 14.8 Å². The summed E-state index contributed by atoms with van der Waals surface area (Å²) in [5.74, 6) is -2.06. The van der Waals surface area contributed by atoms with E-state index >= 15 is 0 Å². The standard InChI is InChI=1S/C32H41F3N4O7/c1-5-19-24-15-39(25(19)29(41)42)28(40)26(31(2,3)4)38-30(43)46-23-13-17(23)9-7-6-8-10-21-27(45-24)37-22-14-18(11-12-20(22)36-21)44-16-32(33,34)35/h11-12,14,17,19,23-26H,5-10,13,15-16H2,1-4H3,(H,38,43)(H,41,42)/t17-,19-,23-,24+,25+,26-/m1/s1. The number of ether oxygens (including phenoxy) is 3. The molecule has 2 N–H and O–H groups in total. The van der Waals surface area contributed by atoms with Gasteiger partial charge in [0.2, 0.25) is 11.8 Å². The van der Waals surface area contributed by atoms with E-state index < -0.39 is 60.3 Å². The van der Waals surface area contributed by atoms with Gasteiger partial charge in [-0.2, -0.15) is 13.2 Å². The SMILES string of the molecule is CC[C@@H]1[C@@H]2CN(C(=O)[C@H](C(C)(C)C)NC(=O)O[C@@H]3C[C@H]3CCCCCc3nc4ccc(OCC(F)(F)F)cc4nc3O2)[C@@H]1C(=O)O. The van der Waals surface area contributed by atoms with Gasteiger partial charge in [-0.1, -0.05) is 40.5 Å². The fraction of sp³-hybridized carbons (Fsp3) is 0.656. The predicted octanol–water partition coefficient (Wildman–Crippen LogP) is 5.29. The first kappa shape index (κ1) is 33.5. The van der Waals surface area contributed by atoms with E-state index in [2.05, 4.69) is 10.3 Å². The molecule has 1 saturated heterocycles. The Bertz CT molecular complexity index is 1460. The Morgan fingerprint density at radius 3 is 2.52 bits per heavy atom. The average molecular weight is 651 g/mol. The number of amides is 2. The lowest BCUT2D eigenvalue weighted by Gasteiger charge is -2.34. The summed E-state index contributed by atoms with van der Waals surface area (Å²) in [7, 11) is 0. The third-order valence-corrected chi connectivity index (χ3v) is 8.92. The van der Waals surface area contributed by atoms with Gasteiger partial charge in [-0.3, -0.25) is 4.79 Å². The summed E-state index contributed by atoms with van der Waals surface area (Å²) in [5, 5.41) is 13.0. The van der Waals surface area contributed by atoms with Gasteiger partial charge in [0, 0.05) is 12.0 Å². The van der Waals surface area contributed by atoms with Crippen LogP contribution in [-0.2, 0) is 20.7 Å². The molecule has 1 saturated carbocycles. The number of rotatable bonds is 4. The molecule has 1 aromatic heterocycles. The lowest BCUT2D eigenvalue weighted by Crippen LogP contribution is -2.57. The molecule has 0 radical (unpaired) electrons. The molecule has 1 aromatic carbocycles. The number of nitrogens with one attached hydrogen (secondary N) is 1. The number of carboxylic acid groups (broad SMARTS) is 1. The zero-order valence-corrected chi connectivity index (χ0v) is 26.4. The summed E-state index contributed by atoms with van der Waals surface area (Å²) in [6, 6.07) is 2.00. The van der Waals surface area contributed by atoms with Crippen LogP contribution in [-0.4, -0.2) is 81.6 Å². The number of aliphatic carboxylic acids is 1. The van der Waals surface area contributed by atoms with Crippen molar-refractivity contribution in [3.8, 4) is 11.6 Å². The highest BCUT2D eigenvalue weighted by Gasteiger charge is 2.52. The summed E-state index contributed by atoms with van der Waals surface area (Å²) >= 11 is 0. The summed E-state index contributed by atoms with van der Waals surface area (Å²) in [6.07, 6.45) is -1.23. The molecule has 1 aliphatic carbocycles. The van der Waals surface area contributed by atoms with Crippen LogP contribution in [0, 0.1) is 17.3 Å². The number of carboxylic acids is 1. The fourth-order valence-corrected chi connectivity index (χ4v) is 6.39. The topological polar surface area (TPSA) is 140 Å². The van der Waals surface area contributed by atoms with E-state index in [0.29, 0.717) is 24.1 Å². The van der Waals surface area contributed by atoms with Crippen molar-refractivity contribution < 1.29 is 46.9 Å². The molecular formula is C32H41F3N4O7. The Labute approximate surface area is 265 Å². The van der Waals surface area contributed by atoms with Crippen molar-refractivity contribution in [3.63, 3.8) is 0 Å². The van der Waals surface area contributed by atoms with E-state index in [1.165, 1.54) is 17.0 Å². The van der Waals surface area contributed by atoms with Crippen LogP contribution in [0.1, 0.15) is 71.9 Å². The maximum Gasteiger partial charge on any atom is 0.422 e. The number of benzene rings is 1. The third-order valence-electron chi connectivity index (χ3n) is 8.92. The first-order valence-corrected chi connectivity index (χ1v) is 15.8. The number of hydrogen-bond acceptors (Lipinski definition) is 8. The summed E-state index contributed by atoms with van der Waals surface area (Å²) < 4.78 is 55.3. The molecule has 3 heterocycles. The molecule has 5 rings (SSSR count). The maximum absolute atomic E-state index is 14.1. The molecule has 0 unspecified atom stereocenters. The molecule has 252 valence electrons. The van der Waals surface area contributed by atoms with Gasteiger partial charge in [-0.25, -0.2) is 19.6 Å². The highest BCUT2D eigenvalue weighted by molar-refractivity contribution is 5.90. The van der Waals surface area contributed by atoms with Crippen LogP contribution in [0.15, 0.2) is 18.2 Å². The van der Waals surface area contributed by atoms with Crippen LogP contribution in [0.4, 0.5) is 18.0 Å². The van der Waals surface area contributed by atoms with Crippen molar-refractivity contribution >= 4 is 29.0 Å². The van der Waals surface area contributed by atoms with Crippen LogP contribution >= 0.6 is 0 Å². The summed E-state index contributed by atoms with van der Waals surface area (Å²) in [5.41, 5.74) is 0.470. The van der Waals surface area contributed by atoms with Gasteiger partial charge in [-0.05, 0) is 55.6 Å². The van der Waals surface area contributed by atoms with Crippen molar-refractivity contribution in [2.45, 2.75) is 103 Å². The minimum absolute atomic E-state index is 0.0353. The van der Waals surface area contributed by atoms with Crippen LogP contribution in [0.3, 0.4) is 0 Å². The number of nitrogens with zero attached hydrogens (tertiary/aromatic N) is 3. The molecule has 2 aromatic rings. The molecule has 2 bridgehead atoms. The second-order valence-corrected chi connectivity index (χ2v) is 13.5. The zero-order chi connectivity index (χ0) is 33.4. The van der Waals surface area contributed by atoms with E-state index in [9.17, 15) is 32.7 Å². The molecule has 6 atom stereocenters. The van der Waals surface area contributed by atoms with Gasteiger partial charge in [0.25, 0.3) is 0 Å². The molecular weight excluding hydrogens is 609 g/mol. The number of alkyl carbamates (subject to hydrolysis) is 1. The van der Waals surface area contributed by atoms with Gasteiger partial charge < -0.3 is 29.5 Å². The van der Waals surface area contributed by atoms with Gasteiger partial charge in [0.1, 0.15) is 35.7 Å². The van der Waals surface area contributed by atoms with Crippen LogP contribution in [0.5, 0.6) is 11.6 Å². The van der Waals surface area contributed by atoms with Crippen molar-refractivity contribution in [1.82, 2.24) is 20.2 Å². The average Bonchev–Trinajstić information content (AvgIpc) is 3.59. The van der Waals surface area contributed by atoms with Gasteiger partial charge in [0.05, 0.1) is 17.6 Å². The zero-order valence-electron chi connectivity index (χ0n) is 26.4. The number of aromatic nitrogens is 2. The van der Waals surface area contributed by atoms with Crippen molar-refractivity contribution in [2.24, 2.45) is 17.3 Å². The van der Waals surface area contributed by atoms with Crippen LogP contribution in [0.2, 0.25) is 0 Å². The highest BCUT2D eigenvalue weighted by Crippen LogP contribution is 2.39. The fourth-order valence-electron chi connectivity index (χ4n) is 6.39. The third kappa shape index (κ3) is 7.75. The molecule has 2 fully saturated rings. The first-order chi connectivity index (χ1) is 21.6. The van der Waals surface area contributed by atoms with Crippen molar-refractivity contribution in [2.75, 3.05) is 13.2 Å². The quantitative estimate of drug-likeness (QED) is 0.452. The minimum Gasteiger partial charge on any atom is -0.484 e. The molecule has 2 aliphatic heterocycles. The lowest BCUT2D eigenvalue weighted by atomic mass is 9.85. The first-order valence-electron chi connectivity index (χ1n) is 15.8. The molecule has 11 nitrogen and oxygen atoms in total. The molecule has 2 amide bonds. The van der Waals surface area contributed by atoms with E-state index in [-0.39, 0.29) is 35.7 Å². The number of alkyl halides is 3. The second kappa shape index (κ2) is 13.1. The van der Waals surface area contributed by atoms with Gasteiger partial charge in [-0.15, -0.1) is 0 Å². The van der Waals surface area contributed by atoms with E-state index in [0.717, 1.165) is 32.1 Å². The molecule has 46 heavy (non-hydrogen) atoms. The van der Waals surface area contributed by atoms with E-state index in [1.807, 2.05) is 0 Å². The Hall–Kier alpha value is -3.84. The van der Waals surface area contributed by atoms with Crippen molar-refractivity contribution in [3.05, 3.63) is 23.9 Å². The predicted molar refractivity (Wildman–Crippen MR) is 159 cm³/mol. The number of carbonyl (C=O) groups excluding carboxylic acids is 2. The van der Waals surface area contributed by atoms with E-state index in [4.69, 9.17) is 19.2 Å². The number of fused-ring (bicyclic) bond motifs is 5. The van der Waals surface area contributed by atoms with E-state index in [1.54, 1.807) is 33.8 Å². The summed E-state index contributed by atoms with van der Waals surface area (Å²) in [6.45, 7) is 5.60. The second-order valence-electron chi connectivity index (χ2n) is 13.5. The summed E-state index contributed by atoms with van der Waals surface area (Å²) in [4.78, 5) is 50.2. The normalized spacial score (nSPS) is 27.8. The minimum atomic E-state index is -4.51. The Morgan fingerprint density at radius 2 is 1.85 bits per heavy atom. The number of aryl methyl sites for hydroxylation is 1. The maximum atomic E-state index is 14.1. The largest absolute Gasteiger partial charge is 0.484 e. The molecule has 0 spiro atoms. The molecule has 3 aliphatic rings. The Balaban J connectivity index is 1.51. The smallest absolute Gasteiger partial charge is 0.422 e. The Morgan fingerprint density at radius 1 is 1.09 bits per heavy atom. The lowest BCUT2D eigenvalue weighted by molar-refractivity contribution is -0.153. The van der Waals surface area contributed by atoms with Gasteiger partial charge in [0.15, 0.2) is 6.61 Å². The molecule has 14 heteroatoms.